The largest absolute Gasteiger partial charge is 0.299 e. The van der Waals surface area contributed by atoms with Crippen LogP contribution in [-0.2, 0) is 9.59 Å². The summed E-state index contributed by atoms with van der Waals surface area (Å²) < 4.78 is 0. The smallest absolute Gasteiger partial charge is 0.145 e. The van der Waals surface area contributed by atoms with Crippen LogP contribution in [0.2, 0.25) is 0 Å². The van der Waals surface area contributed by atoms with E-state index in [0.29, 0.717) is 12.8 Å². The third kappa shape index (κ3) is 1.19. The van der Waals surface area contributed by atoms with Gasteiger partial charge in [-0.1, -0.05) is 26.8 Å². The van der Waals surface area contributed by atoms with Crippen molar-refractivity contribution in [3.63, 3.8) is 0 Å². The summed E-state index contributed by atoms with van der Waals surface area (Å²) >= 11 is 0. The summed E-state index contributed by atoms with van der Waals surface area (Å²) in [4.78, 5) is 24.4. The molecular weight excluding hydrogens is 200 g/mol. The molecule has 0 N–H and O–H groups in total. The second-order valence-corrected chi connectivity index (χ2v) is 6.04. The minimum absolute atomic E-state index is 0.121. The van der Waals surface area contributed by atoms with Crippen molar-refractivity contribution in [2.24, 2.45) is 22.7 Å². The first-order chi connectivity index (χ1) is 7.36. The van der Waals surface area contributed by atoms with E-state index >= 15 is 0 Å². The molecule has 0 aromatic rings. The summed E-state index contributed by atoms with van der Waals surface area (Å²) in [7, 11) is 0. The molecule has 2 aliphatic carbocycles. The zero-order valence-electron chi connectivity index (χ0n) is 10.4. The standard InChI is InChI=1S/C14H20O2/c1-5-6-14-9(2)11(15)7-10(14)8-13(3,4)12(14)16/h5,9-10H,1,6-8H2,2-4H3. The fourth-order valence-corrected chi connectivity index (χ4v) is 3.89. The average Bonchev–Trinajstić information content (AvgIpc) is 2.52. The van der Waals surface area contributed by atoms with Gasteiger partial charge >= 0.3 is 0 Å². The topological polar surface area (TPSA) is 34.1 Å². The number of carbonyl (C=O) groups excluding carboxylic acids is 2. The predicted molar refractivity (Wildman–Crippen MR) is 62.9 cm³/mol. The van der Waals surface area contributed by atoms with Crippen LogP contribution in [0, 0.1) is 22.7 Å². The minimum atomic E-state index is -0.428. The van der Waals surface area contributed by atoms with E-state index in [1.54, 1.807) is 6.08 Å². The number of fused-ring (bicyclic) bond motifs is 1. The number of ketones is 2. The maximum Gasteiger partial charge on any atom is 0.145 e. The van der Waals surface area contributed by atoms with Crippen molar-refractivity contribution in [2.45, 2.75) is 40.0 Å². The van der Waals surface area contributed by atoms with Crippen LogP contribution in [0.5, 0.6) is 0 Å². The lowest BCUT2D eigenvalue weighted by Crippen LogP contribution is -2.38. The fourth-order valence-electron chi connectivity index (χ4n) is 3.89. The Morgan fingerprint density at radius 1 is 1.44 bits per heavy atom. The molecule has 2 rings (SSSR count). The highest BCUT2D eigenvalue weighted by molar-refractivity contribution is 6.01. The first-order valence-corrected chi connectivity index (χ1v) is 6.05. The number of carbonyl (C=O) groups is 2. The van der Waals surface area contributed by atoms with Gasteiger partial charge in [0.05, 0.1) is 0 Å². The van der Waals surface area contributed by atoms with E-state index in [9.17, 15) is 9.59 Å². The molecule has 2 nitrogen and oxygen atoms in total. The maximum atomic E-state index is 12.6. The SMILES string of the molecule is C=CCC12C(=O)C(C)(C)CC1CC(=O)C2C. The van der Waals surface area contributed by atoms with E-state index in [0.717, 1.165) is 6.42 Å². The maximum absolute atomic E-state index is 12.6. The predicted octanol–water partition coefficient (Wildman–Crippen LogP) is 2.77. The molecule has 0 bridgehead atoms. The van der Waals surface area contributed by atoms with Crippen molar-refractivity contribution < 1.29 is 9.59 Å². The number of allylic oxidation sites excluding steroid dienone is 1. The summed E-state index contributed by atoms with van der Waals surface area (Å²) in [6.07, 6.45) is 3.91. The van der Waals surface area contributed by atoms with Crippen LogP contribution in [0.4, 0.5) is 0 Å². The van der Waals surface area contributed by atoms with E-state index in [1.807, 2.05) is 20.8 Å². The van der Waals surface area contributed by atoms with Gasteiger partial charge in [-0.15, -0.1) is 6.58 Å². The van der Waals surface area contributed by atoms with E-state index in [-0.39, 0.29) is 28.8 Å². The highest BCUT2D eigenvalue weighted by Crippen LogP contribution is 2.61. The van der Waals surface area contributed by atoms with Gasteiger partial charge in [-0.3, -0.25) is 9.59 Å². The second-order valence-electron chi connectivity index (χ2n) is 6.04. The molecule has 2 heteroatoms. The van der Waals surface area contributed by atoms with Crippen LogP contribution < -0.4 is 0 Å². The highest BCUT2D eigenvalue weighted by Gasteiger charge is 2.64. The van der Waals surface area contributed by atoms with E-state index < -0.39 is 5.41 Å². The Morgan fingerprint density at radius 2 is 2.06 bits per heavy atom. The van der Waals surface area contributed by atoms with Gasteiger partial charge in [0, 0.05) is 23.2 Å². The molecular formula is C14H20O2. The lowest BCUT2D eigenvalue weighted by molar-refractivity contribution is -0.137. The van der Waals surface area contributed by atoms with Gasteiger partial charge in [0.1, 0.15) is 11.6 Å². The molecule has 88 valence electrons. The van der Waals surface area contributed by atoms with Gasteiger partial charge in [0.25, 0.3) is 0 Å². The van der Waals surface area contributed by atoms with Crippen LogP contribution in [0.15, 0.2) is 12.7 Å². The monoisotopic (exact) mass is 220 g/mol. The fraction of sp³-hybridized carbons (Fsp3) is 0.714. The van der Waals surface area contributed by atoms with Crippen molar-refractivity contribution >= 4 is 11.6 Å². The first-order valence-electron chi connectivity index (χ1n) is 6.05. The molecule has 2 fully saturated rings. The number of rotatable bonds is 2. The van der Waals surface area contributed by atoms with Crippen LogP contribution >= 0.6 is 0 Å². The van der Waals surface area contributed by atoms with Gasteiger partial charge in [0.15, 0.2) is 0 Å². The molecule has 0 aliphatic heterocycles. The molecule has 0 saturated heterocycles. The molecule has 0 amide bonds. The third-order valence-corrected chi connectivity index (χ3v) is 4.71. The summed E-state index contributed by atoms with van der Waals surface area (Å²) in [5, 5.41) is 0. The number of Topliss-reactive ketones (excluding diaryl/α,β-unsaturated/α-hetero) is 2. The van der Waals surface area contributed by atoms with E-state index in [4.69, 9.17) is 0 Å². The van der Waals surface area contributed by atoms with Gasteiger partial charge in [-0.25, -0.2) is 0 Å². The van der Waals surface area contributed by atoms with Gasteiger partial charge < -0.3 is 0 Å². The Kier molecular flexibility index (Phi) is 2.37. The van der Waals surface area contributed by atoms with Gasteiger partial charge in [-0.2, -0.15) is 0 Å². The molecule has 3 unspecified atom stereocenters. The Hall–Kier alpha value is -0.920. The normalized spacial score (nSPS) is 41.2. The highest BCUT2D eigenvalue weighted by atomic mass is 16.1. The van der Waals surface area contributed by atoms with Gasteiger partial charge in [-0.05, 0) is 18.8 Å². The average molecular weight is 220 g/mol. The van der Waals surface area contributed by atoms with Crippen LogP contribution in [0.1, 0.15) is 40.0 Å². The Balaban J connectivity index is 2.49. The minimum Gasteiger partial charge on any atom is -0.299 e. The Labute approximate surface area is 97.1 Å². The number of hydrogen-bond acceptors (Lipinski definition) is 2. The number of hydrogen-bond donors (Lipinski definition) is 0. The molecule has 2 aliphatic rings. The van der Waals surface area contributed by atoms with Crippen molar-refractivity contribution in [3.8, 4) is 0 Å². The lowest BCUT2D eigenvalue weighted by Gasteiger charge is -2.31. The van der Waals surface area contributed by atoms with Crippen LogP contribution in [-0.4, -0.2) is 11.6 Å². The zero-order valence-corrected chi connectivity index (χ0v) is 10.4. The Morgan fingerprint density at radius 3 is 2.62 bits per heavy atom. The second kappa shape index (κ2) is 3.28. The molecule has 0 radical (unpaired) electrons. The summed E-state index contributed by atoms with van der Waals surface area (Å²) in [5.41, 5.74) is -0.690. The quantitative estimate of drug-likeness (QED) is 0.671. The molecule has 0 heterocycles. The van der Waals surface area contributed by atoms with Crippen LogP contribution in [0.25, 0.3) is 0 Å². The molecule has 2 saturated carbocycles. The molecule has 16 heavy (non-hydrogen) atoms. The summed E-state index contributed by atoms with van der Waals surface area (Å²) in [5.74, 6) is 0.666. The van der Waals surface area contributed by atoms with Crippen molar-refractivity contribution in [2.75, 3.05) is 0 Å². The van der Waals surface area contributed by atoms with Gasteiger partial charge in [0.2, 0.25) is 0 Å². The molecule has 0 spiro atoms. The summed E-state index contributed by atoms with van der Waals surface area (Å²) in [6.45, 7) is 9.70. The van der Waals surface area contributed by atoms with E-state index in [1.165, 1.54) is 0 Å². The zero-order chi connectivity index (χ0) is 12.1. The lowest BCUT2D eigenvalue weighted by atomic mass is 9.69. The van der Waals surface area contributed by atoms with Crippen LogP contribution in [0.3, 0.4) is 0 Å². The first kappa shape index (κ1) is 11.6. The Bertz CT molecular complexity index is 367. The molecule has 0 aromatic heterocycles. The van der Waals surface area contributed by atoms with Crippen molar-refractivity contribution in [1.82, 2.24) is 0 Å². The molecule has 3 atom stereocenters. The van der Waals surface area contributed by atoms with Crippen molar-refractivity contribution in [1.29, 1.82) is 0 Å². The third-order valence-electron chi connectivity index (χ3n) is 4.71. The summed E-state index contributed by atoms with van der Waals surface area (Å²) in [6, 6.07) is 0. The molecule has 0 aromatic carbocycles. The van der Waals surface area contributed by atoms with Crippen molar-refractivity contribution in [3.05, 3.63) is 12.7 Å². The van der Waals surface area contributed by atoms with E-state index in [2.05, 4.69) is 6.58 Å².